The Morgan fingerprint density at radius 3 is 2.63 bits per heavy atom. The van der Waals surface area contributed by atoms with Crippen LogP contribution in [-0.4, -0.2) is 18.2 Å². The van der Waals surface area contributed by atoms with Crippen LogP contribution in [0.1, 0.15) is 33.1 Å². The zero-order chi connectivity index (χ0) is 14.0. The van der Waals surface area contributed by atoms with Gasteiger partial charge in [-0.25, -0.2) is 0 Å². The van der Waals surface area contributed by atoms with Crippen LogP contribution < -0.4 is 5.32 Å². The van der Waals surface area contributed by atoms with Gasteiger partial charge in [-0.15, -0.1) is 0 Å². The number of halogens is 3. The summed E-state index contributed by atoms with van der Waals surface area (Å²) in [5.41, 5.74) is 0.765. The normalized spacial score (nSPS) is 27.3. The minimum atomic E-state index is -0.0514. The van der Waals surface area contributed by atoms with E-state index in [1.165, 1.54) is 0 Å². The molecule has 1 saturated heterocycles. The van der Waals surface area contributed by atoms with Crippen molar-refractivity contribution in [3.63, 3.8) is 0 Å². The number of hydrogen-bond acceptors (Lipinski definition) is 2. The summed E-state index contributed by atoms with van der Waals surface area (Å²) in [4.78, 5) is 0. The van der Waals surface area contributed by atoms with Gasteiger partial charge in [-0.3, -0.25) is 0 Å². The Balaban J connectivity index is 2.13. The van der Waals surface area contributed by atoms with Crippen molar-refractivity contribution in [2.45, 2.75) is 44.8 Å². The molecule has 2 unspecified atom stereocenters. The maximum absolute atomic E-state index is 6.25. The van der Waals surface area contributed by atoms with Crippen LogP contribution in [0, 0.1) is 0 Å². The van der Waals surface area contributed by atoms with Crippen molar-refractivity contribution in [1.29, 1.82) is 0 Å². The van der Waals surface area contributed by atoms with Gasteiger partial charge in [-0.05, 0) is 38.3 Å². The third kappa shape index (κ3) is 3.78. The van der Waals surface area contributed by atoms with Crippen LogP contribution in [0.25, 0.3) is 0 Å². The summed E-state index contributed by atoms with van der Waals surface area (Å²) in [5, 5.41) is 4.75. The van der Waals surface area contributed by atoms with Gasteiger partial charge in [0, 0.05) is 17.1 Å². The van der Waals surface area contributed by atoms with Crippen LogP contribution in [0.4, 0.5) is 5.69 Å². The van der Waals surface area contributed by atoms with E-state index in [0.717, 1.165) is 36.0 Å². The molecule has 0 saturated carbocycles. The van der Waals surface area contributed by atoms with Crippen molar-refractivity contribution in [3.8, 4) is 0 Å². The molecule has 2 rings (SSSR count). The average molecular weight is 367 g/mol. The molecule has 1 aromatic rings. The number of hydrogen-bond donors (Lipinski definition) is 1. The summed E-state index contributed by atoms with van der Waals surface area (Å²) in [6, 6.07) is 4.05. The van der Waals surface area contributed by atoms with Gasteiger partial charge in [0.15, 0.2) is 0 Å². The largest absolute Gasteiger partial charge is 0.380 e. The number of nitrogens with one attached hydrogen (secondary N) is 1. The van der Waals surface area contributed by atoms with Crippen LogP contribution >= 0.6 is 39.1 Å². The van der Waals surface area contributed by atoms with E-state index in [2.05, 4.69) is 35.1 Å². The highest BCUT2D eigenvalue weighted by Crippen LogP contribution is 2.36. The highest BCUT2D eigenvalue weighted by atomic mass is 79.9. The van der Waals surface area contributed by atoms with Crippen molar-refractivity contribution in [1.82, 2.24) is 0 Å². The standard InChI is InChI=1S/C14H18BrCl2NO/c1-3-14(2)8-10(4-5-19-14)18-13-11(16)6-9(15)7-12(13)17/h6-7,10,18H,3-5,8H2,1-2H3. The smallest absolute Gasteiger partial charge is 0.0721 e. The lowest BCUT2D eigenvalue weighted by molar-refractivity contribution is -0.0708. The van der Waals surface area contributed by atoms with E-state index in [-0.39, 0.29) is 5.60 Å². The SMILES string of the molecule is CCC1(C)CC(Nc2c(Cl)cc(Br)cc2Cl)CCO1. The van der Waals surface area contributed by atoms with Crippen molar-refractivity contribution >= 4 is 44.8 Å². The molecule has 0 aliphatic carbocycles. The lowest BCUT2D eigenvalue weighted by Crippen LogP contribution is -2.41. The molecule has 1 N–H and O–H groups in total. The lowest BCUT2D eigenvalue weighted by atomic mass is 9.90. The van der Waals surface area contributed by atoms with Crippen LogP contribution in [0.3, 0.4) is 0 Å². The maximum Gasteiger partial charge on any atom is 0.0721 e. The van der Waals surface area contributed by atoms with Crippen LogP contribution in [-0.2, 0) is 4.74 Å². The third-order valence-corrected chi connectivity index (χ3v) is 4.75. The fourth-order valence-electron chi connectivity index (χ4n) is 2.38. The van der Waals surface area contributed by atoms with Crippen molar-refractivity contribution in [2.24, 2.45) is 0 Å². The van der Waals surface area contributed by atoms with Gasteiger partial charge in [0.2, 0.25) is 0 Å². The van der Waals surface area contributed by atoms with Gasteiger partial charge >= 0.3 is 0 Å². The van der Waals surface area contributed by atoms with E-state index in [1.54, 1.807) is 0 Å². The number of anilines is 1. The zero-order valence-electron chi connectivity index (χ0n) is 11.1. The molecule has 1 fully saturated rings. The molecule has 1 aliphatic rings. The van der Waals surface area contributed by atoms with Gasteiger partial charge in [-0.2, -0.15) is 0 Å². The zero-order valence-corrected chi connectivity index (χ0v) is 14.2. The van der Waals surface area contributed by atoms with E-state index in [1.807, 2.05) is 12.1 Å². The third-order valence-electron chi connectivity index (χ3n) is 3.70. The Bertz CT molecular complexity index is 446. The van der Waals surface area contributed by atoms with Crippen molar-refractivity contribution in [3.05, 3.63) is 26.7 Å². The van der Waals surface area contributed by atoms with E-state index in [9.17, 15) is 0 Å². The molecule has 19 heavy (non-hydrogen) atoms. The minimum absolute atomic E-state index is 0.0514. The van der Waals surface area contributed by atoms with Crippen LogP contribution in [0.15, 0.2) is 16.6 Å². The Hall–Kier alpha value is 0.0400. The molecule has 0 radical (unpaired) electrons. The summed E-state index contributed by atoms with van der Waals surface area (Å²) in [7, 11) is 0. The first-order valence-electron chi connectivity index (χ1n) is 6.48. The first-order valence-corrected chi connectivity index (χ1v) is 8.03. The lowest BCUT2D eigenvalue weighted by Gasteiger charge is -2.38. The fourth-order valence-corrected chi connectivity index (χ4v) is 3.70. The minimum Gasteiger partial charge on any atom is -0.380 e. The predicted octanol–water partition coefficient (Wildman–Crippen LogP) is 5.52. The highest BCUT2D eigenvalue weighted by Gasteiger charge is 2.32. The molecule has 0 amide bonds. The summed E-state index contributed by atoms with van der Waals surface area (Å²) in [6.45, 7) is 5.08. The second-order valence-corrected chi connectivity index (χ2v) is 6.96. The molecule has 1 aromatic carbocycles. The van der Waals surface area contributed by atoms with Crippen LogP contribution in [0.2, 0.25) is 10.0 Å². The summed E-state index contributed by atoms with van der Waals surface area (Å²) < 4.78 is 6.74. The number of benzene rings is 1. The second-order valence-electron chi connectivity index (χ2n) is 5.23. The molecule has 106 valence electrons. The summed E-state index contributed by atoms with van der Waals surface area (Å²) in [6.07, 6.45) is 2.94. The molecule has 0 spiro atoms. The Morgan fingerprint density at radius 1 is 1.42 bits per heavy atom. The van der Waals surface area contributed by atoms with E-state index < -0.39 is 0 Å². The molecule has 2 nitrogen and oxygen atoms in total. The second kappa shape index (κ2) is 6.21. The topological polar surface area (TPSA) is 21.3 Å². The Morgan fingerprint density at radius 2 is 2.05 bits per heavy atom. The first-order chi connectivity index (χ1) is 8.93. The first kappa shape index (κ1) is 15.4. The van der Waals surface area contributed by atoms with E-state index in [4.69, 9.17) is 27.9 Å². The molecule has 0 aromatic heterocycles. The molecule has 2 atom stereocenters. The van der Waals surface area contributed by atoms with E-state index in [0.29, 0.717) is 16.1 Å². The van der Waals surface area contributed by atoms with E-state index >= 15 is 0 Å². The Kier molecular flexibility index (Phi) is 5.04. The van der Waals surface area contributed by atoms with Crippen molar-refractivity contribution < 1.29 is 4.74 Å². The van der Waals surface area contributed by atoms with Gasteiger partial charge in [0.1, 0.15) is 0 Å². The van der Waals surface area contributed by atoms with Gasteiger partial charge in [0.05, 0.1) is 21.3 Å². The van der Waals surface area contributed by atoms with Gasteiger partial charge in [-0.1, -0.05) is 46.1 Å². The van der Waals surface area contributed by atoms with Crippen LogP contribution in [0.5, 0.6) is 0 Å². The quantitative estimate of drug-likeness (QED) is 0.760. The van der Waals surface area contributed by atoms with Gasteiger partial charge < -0.3 is 10.1 Å². The maximum atomic E-state index is 6.25. The monoisotopic (exact) mass is 365 g/mol. The Labute approximate surface area is 132 Å². The summed E-state index contributed by atoms with van der Waals surface area (Å²) >= 11 is 15.9. The molecule has 5 heteroatoms. The predicted molar refractivity (Wildman–Crippen MR) is 85.5 cm³/mol. The number of ether oxygens (including phenoxy) is 1. The molecule has 1 aliphatic heterocycles. The van der Waals surface area contributed by atoms with Crippen molar-refractivity contribution in [2.75, 3.05) is 11.9 Å². The molecular formula is C14H18BrCl2NO. The average Bonchev–Trinajstić information content (AvgIpc) is 2.34. The number of rotatable bonds is 3. The molecule has 1 heterocycles. The molecular weight excluding hydrogens is 349 g/mol. The molecule has 0 bridgehead atoms. The fraction of sp³-hybridized carbons (Fsp3) is 0.571. The van der Waals surface area contributed by atoms with Gasteiger partial charge in [0.25, 0.3) is 0 Å². The summed E-state index contributed by atoms with van der Waals surface area (Å²) in [5.74, 6) is 0. The highest BCUT2D eigenvalue weighted by molar-refractivity contribution is 9.10.